The highest BCUT2D eigenvalue weighted by Gasteiger charge is 2.14. The van der Waals surface area contributed by atoms with Crippen molar-refractivity contribution in [3.05, 3.63) is 74.8 Å². The lowest BCUT2D eigenvalue weighted by molar-refractivity contribution is 0.0996. The van der Waals surface area contributed by atoms with Gasteiger partial charge in [0.1, 0.15) is 11.4 Å². The largest absolute Gasteiger partial charge is 0.451 e. The summed E-state index contributed by atoms with van der Waals surface area (Å²) in [6, 6.07) is 11.7. The molecule has 0 aliphatic rings. The molecule has 2 aromatic carbocycles. The van der Waals surface area contributed by atoms with E-state index in [2.05, 4.69) is 21.2 Å². The Morgan fingerprint density at radius 1 is 1.14 bits per heavy atom. The summed E-state index contributed by atoms with van der Waals surface area (Å²) in [7, 11) is 0. The molecule has 3 rings (SSSR count). The van der Waals surface area contributed by atoms with E-state index in [1.807, 2.05) is 0 Å². The van der Waals surface area contributed by atoms with Crippen molar-refractivity contribution < 1.29 is 13.6 Å². The van der Waals surface area contributed by atoms with Gasteiger partial charge in [0.05, 0.1) is 11.1 Å². The lowest BCUT2D eigenvalue weighted by Crippen LogP contribution is -2.15. The molecule has 0 saturated heterocycles. The standard InChI is InChI=1S/C16H9BrFNO3/c17-9-5-6-14-10(7-9)13(20)8-15(22-14)16(21)19-12-4-2-1-3-11(12)18/h1-8H,(H,19,21). The van der Waals surface area contributed by atoms with Gasteiger partial charge in [-0.2, -0.15) is 0 Å². The maximum absolute atomic E-state index is 13.5. The molecular formula is C16H9BrFNO3. The van der Waals surface area contributed by atoms with Crippen LogP contribution in [-0.4, -0.2) is 5.91 Å². The Labute approximate surface area is 132 Å². The van der Waals surface area contributed by atoms with Gasteiger partial charge < -0.3 is 9.73 Å². The number of fused-ring (bicyclic) bond motifs is 1. The minimum absolute atomic E-state index is 0.0195. The summed E-state index contributed by atoms with van der Waals surface area (Å²) in [5.41, 5.74) is -0.0401. The molecule has 1 amide bonds. The van der Waals surface area contributed by atoms with E-state index in [9.17, 15) is 14.0 Å². The van der Waals surface area contributed by atoms with E-state index in [-0.39, 0.29) is 22.5 Å². The zero-order valence-corrected chi connectivity index (χ0v) is 12.7. The van der Waals surface area contributed by atoms with E-state index in [4.69, 9.17) is 4.42 Å². The van der Waals surface area contributed by atoms with Crippen molar-refractivity contribution in [2.24, 2.45) is 0 Å². The summed E-state index contributed by atoms with van der Waals surface area (Å²) < 4.78 is 19.7. The van der Waals surface area contributed by atoms with Gasteiger partial charge in [0.25, 0.3) is 5.91 Å². The minimum Gasteiger partial charge on any atom is -0.451 e. The minimum atomic E-state index is -0.688. The first-order chi connectivity index (χ1) is 10.5. The van der Waals surface area contributed by atoms with Crippen molar-refractivity contribution in [1.29, 1.82) is 0 Å². The van der Waals surface area contributed by atoms with Crippen molar-refractivity contribution in [2.75, 3.05) is 5.32 Å². The van der Waals surface area contributed by atoms with Crippen molar-refractivity contribution in [3.8, 4) is 0 Å². The first-order valence-corrected chi connectivity index (χ1v) is 7.13. The Bertz CT molecular complexity index is 936. The number of hydrogen-bond acceptors (Lipinski definition) is 3. The van der Waals surface area contributed by atoms with Crippen LogP contribution in [0, 0.1) is 5.82 Å². The Balaban J connectivity index is 2.00. The average molecular weight is 362 g/mol. The van der Waals surface area contributed by atoms with Crippen LogP contribution >= 0.6 is 15.9 Å². The fourth-order valence-corrected chi connectivity index (χ4v) is 2.35. The molecule has 0 atom stereocenters. The summed E-state index contributed by atoms with van der Waals surface area (Å²) in [6.07, 6.45) is 0. The third-order valence-electron chi connectivity index (χ3n) is 3.04. The van der Waals surface area contributed by atoms with Gasteiger partial charge >= 0.3 is 0 Å². The Morgan fingerprint density at radius 3 is 2.68 bits per heavy atom. The summed E-state index contributed by atoms with van der Waals surface area (Å²) in [5, 5.41) is 2.73. The molecule has 4 nitrogen and oxygen atoms in total. The number of hydrogen-bond donors (Lipinski definition) is 1. The molecule has 110 valence electrons. The maximum Gasteiger partial charge on any atom is 0.291 e. The molecule has 1 aromatic heterocycles. The summed E-state index contributed by atoms with van der Waals surface area (Å²) in [5.74, 6) is -1.43. The Morgan fingerprint density at radius 2 is 1.91 bits per heavy atom. The Hall–Kier alpha value is -2.47. The van der Waals surface area contributed by atoms with Crippen LogP contribution in [-0.2, 0) is 0 Å². The molecule has 0 aliphatic carbocycles. The van der Waals surface area contributed by atoms with Gasteiger partial charge in [-0.3, -0.25) is 9.59 Å². The van der Waals surface area contributed by atoms with Crippen LogP contribution in [0.2, 0.25) is 0 Å². The number of amides is 1. The second-order valence-corrected chi connectivity index (χ2v) is 5.47. The third-order valence-corrected chi connectivity index (χ3v) is 3.53. The number of benzene rings is 2. The molecule has 0 radical (unpaired) electrons. The normalized spacial score (nSPS) is 10.6. The fraction of sp³-hybridized carbons (Fsp3) is 0. The van der Waals surface area contributed by atoms with Gasteiger partial charge in [-0.1, -0.05) is 28.1 Å². The van der Waals surface area contributed by atoms with Crippen molar-refractivity contribution >= 4 is 38.5 Å². The second-order valence-electron chi connectivity index (χ2n) is 4.55. The van der Waals surface area contributed by atoms with Crippen molar-refractivity contribution in [2.45, 2.75) is 0 Å². The number of nitrogens with one attached hydrogen (secondary N) is 1. The van der Waals surface area contributed by atoms with Gasteiger partial charge in [-0.15, -0.1) is 0 Å². The number of rotatable bonds is 2. The SMILES string of the molecule is O=C(Nc1ccccc1F)c1cc(=O)c2cc(Br)ccc2o1. The van der Waals surface area contributed by atoms with Crippen LogP contribution in [0.25, 0.3) is 11.0 Å². The van der Waals surface area contributed by atoms with Gasteiger partial charge in [-0.25, -0.2) is 4.39 Å². The quantitative estimate of drug-likeness (QED) is 0.751. The molecule has 6 heteroatoms. The zero-order chi connectivity index (χ0) is 15.7. The molecule has 3 aromatic rings. The van der Waals surface area contributed by atoms with Gasteiger partial charge in [0, 0.05) is 10.5 Å². The molecular weight excluding hydrogens is 353 g/mol. The molecule has 0 bridgehead atoms. The van der Waals surface area contributed by atoms with Crippen LogP contribution in [0.15, 0.2) is 62.2 Å². The first-order valence-electron chi connectivity index (χ1n) is 6.34. The molecule has 0 fully saturated rings. The number of para-hydroxylation sites is 1. The molecule has 22 heavy (non-hydrogen) atoms. The Kier molecular flexibility index (Phi) is 3.77. The molecule has 0 spiro atoms. The van der Waals surface area contributed by atoms with E-state index in [0.29, 0.717) is 5.39 Å². The number of halogens is 2. The first kappa shape index (κ1) is 14.5. The highest BCUT2D eigenvalue weighted by molar-refractivity contribution is 9.10. The summed E-state index contributed by atoms with van der Waals surface area (Å²) >= 11 is 3.26. The predicted octanol–water partition coefficient (Wildman–Crippen LogP) is 3.95. The topological polar surface area (TPSA) is 59.3 Å². The van der Waals surface area contributed by atoms with Crippen molar-refractivity contribution in [1.82, 2.24) is 0 Å². The average Bonchev–Trinajstić information content (AvgIpc) is 2.50. The monoisotopic (exact) mass is 361 g/mol. The van der Waals surface area contributed by atoms with Gasteiger partial charge in [0.15, 0.2) is 11.2 Å². The van der Waals surface area contributed by atoms with Crippen LogP contribution < -0.4 is 10.7 Å². The number of carbonyl (C=O) groups excluding carboxylic acids is 1. The van der Waals surface area contributed by atoms with Crippen LogP contribution in [0.3, 0.4) is 0 Å². The third kappa shape index (κ3) is 2.78. The van der Waals surface area contributed by atoms with Crippen LogP contribution in [0.5, 0.6) is 0 Å². The van der Waals surface area contributed by atoms with Gasteiger partial charge in [-0.05, 0) is 30.3 Å². The lowest BCUT2D eigenvalue weighted by Gasteiger charge is -2.06. The smallest absolute Gasteiger partial charge is 0.291 e. The van der Waals surface area contributed by atoms with E-state index >= 15 is 0 Å². The molecule has 0 unspecified atom stereocenters. The van der Waals surface area contributed by atoms with Crippen LogP contribution in [0.1, 0.15) is 10.6 Å². The summed E-state index contributed by atoms with van der Waals surface area (Å²) in [6.45, 7) is 0. The van der Waals surface area contributed by atoms with Gasteiger partial charge in [0.2, 0.25) is 0 Å². The molecule has 1 heterocycles. The predicted molar refractivity (Wildman–Crippen MR) is 84.5 cm³/mol. The molecule has 1 N–H and O–H groups in total. The van der Waals surface area contributed by atoms with E-state index in [1.54, 1.807) is 24.3 Å². The van der Waals surface area contributed by atoms with E-state index < -0.39 is 11.7 Å². The molecule has 0 aliphatic heterocycles. The summed E-state index contributed by atoms with van der Waals surface area (Å²) in [4.78, 5) is 24.2. The zero-order valence-electron chi connectivity index (χ0n) is 11.1. The molecule has 0 saturated carbocycles. The lowest BCUT2D eigenvalue weighted by atomic mass is 10.2. The van der Waals surface area contributed by atoms with E-state index in [0.717, 1.165) is 10.5 Å². The van der Waals surface area contributed by atoms with Crippen molar-refractivity contribution in [3.63, 3.8) is 0 Å². The maximum atomic E-state index is 13.5. The highest BCUT2D eigenvalue weighted by atomic mass is 79.9. The number of anilines is 1. The number of carbonyl (C=O) groups is 1. The second kappa shape index (κ2) is 5.73. The highest BCUT2D eigenvalue weighted by Crippen LogP contribution is 2.19. The van der Waals surface area contributed by atoms with E-state index in [1.165, 1.54) is 18.2 Å². The van der Waals surface area contributed by atoms with Crippen LogP contribution in [0.4, 0.5) is 10.1 Å². The fourth-order valence-electron chi connectivity index (χ4n) is 1.99.